The first kappa shape index (κ1) is 8.43. The third-order valence-corrected chi connectivity index (χ3v) is 1.77. The van der Waals surface area contributed by atoms with Gasteiger partial charge in [0.15, 0.2) is 5.82 Å². The predicted octanol–water partition coefficient (Wildman–Crippen LogP) is 0.366. The molecule has 2 aromatic rings. The van der Waals surface area contributed by atoms with E-state index in [1.165, 1.54) is 6.20 Å². The summed E-state index contributed by atoms with van der Waals surface area (Å²) in [5, 5.41) is 4.00. The molecule has 2 aromatic heterocycles. The number of pyridine rings is 1. The maximum atomic E-state index is 10.8. The summed E-state index contributed by atoms with van der Waals surface area (Å²) in [7, 11) is 0. The number of nitrogens with zero attached hydrogens (tertiary/aromatic N) is 3. The number of nitrogens with two attached hydrogens (primary N) is 1. The third kappa shape index (κ3) is 1.47. The molecule has 1 amide bonds. The lowest BCUT2D eigenvalue weighted by Crippen LogP contribution is -2.11. The predicted molar refractivity (Wildman–Crippen MR) is 49.9 cm³/mol. The summed E-state index contributed by atoms with van der Waals surface area (Å²) in [6.07, 6.45) is 4.86. The SMILES string of the molecule is NC(=O)c1ccc(-n2cccn2)nc1. The number of hydrogen-bond acceptors (Lipinski definition) is 3. The zero-order chi connectivity index (χ0) is 9.97. The van der Waals surface area contributed by atoms with E-state index in [2.05, 4.69) is 10.1 Å². The summed E-state index contributed by atoms with van der Waals surface area (Å²) in [6.45, 7) is 0. The van der Waals surface area contributed by atoms with Crippen molar-refractivity contribution in [3.63, 3.8) is 0 Å². The Kier molecular flexibility index (Phi) is 1.98. The molecule has 0 atom stereocenters. The van der Waals surface area contributed by atoms with E-state index in [1.54, 1.807) is 35.3 Å². The van der Waals surface area contributed by atoms with Gasteiger partial charge < -0.3 is 5.73 Å². The van der Waals surface area contributed by atoms with Gasteiger partial charge in [0.05, 0.1) is 5.56 Å². The van der Waals surface area contributed by atoms with Crippen molar-refractivity contribution in [3.05, 3.63) is 42.4 Å². The highest BCUT2D eigenvalue weighted by Gasteiger charge is 2.01. The Labute approximate surface area is 80.2 Å². The maximum Gasteiger partial charge on any atom is 0.250 e. The van der Waals surface area contributed by atoms with Crippen LogP contribution in [0, 0.1) is 0 Å². The number of hydrogen-bond donors (Lipinski definition) is 1. The van der Waals surface area contributed by atoms with Crippen LogP contribution in [0.25, 0.3) is 5.82 Å². The van der Waals surface area contributed by atoms with Gasteiger partial charge in [0, 0.05) is 18.6 Å². The fourth-order valence-corrected chi connectivity index (χ4v) is 1.07. The summed E-state index contributed by atoms with van der Waals surface area (Å²) >= 11 is 0. The van der Waals surface area contributed by atoms with Crippen LogP contribution < -0.4 is 5.73 Å². The van der Waals surface area contributed by atoms with Crippen LogP contribution in [-0.4, -0.2) is 20.7 Å². The van der Waals surface area contributed by atoms with Crippen molar-refractivity contribution in [3.8, 4) is 5.82 Å². The number of amides is 1. The molecule has 2 heterocycles. The van der Waals surface area contributed by atoms with E-state index >= 15 is 0 Å². The van der Waals surface area contributed by atoms with Gasteiger partial charge in [0.2, 0.25) is 5.91 Å². The normalized spacial score (nSPS) is 10.0. The van der Waals surface area contributed by atoms with Gasteiger partial charge in [-0.05, 0) is 18.2 Å². The molecule has 0 unspecified atom stereocenters. The van der Waals surface area contributed by atoms with Crippen LogP contribution in [0.1, 0.15) is 10.4 Å². The highest BCUT2D eigenvalue weighted by Crippen LogP contribution is 2.03. The van der Waals surface area contributed by atoms with Crippen molar-refractivity contribution < 1.29 is 4.79 Å². The lowest BCUT2D eigenvalue weighted by atomic mass is 10.3. The molecule has 14 heavy (non-hydrogen) atoms. The maximum absolute atomic E-state index is 10.8. The smallest absolute Gasteiger partial charge is 0.250 e. The molecule has 0 radical (unpaired) electrons. The van der Waals surface area contributed by atoms with Crippen molar-refractivity contribution in [2.24, 2.45) is 5.73 Å². The molecular formula is C9H8N4O. The summed E-state index contributed by atoms with van der Waals surface area (Å²) in [5.74, 6) is 0.171. The molecule has 0 spiro atoms. The second-order valence-electron chi connectivity index (χ2n) is 2.72. The largest absolute Gasteiger partial charge is 0.366 e. The Bertz CT molecular complexity index is 432. The van der Waals surface area contributed by atoms with Gasteiger partial charge in [0.1, 0.15) is 0 Å². The monoisotopic (exact) mass is 188 g/mol. The fraction of sp³-hybridized carbons (Fsp3) is 0. The van der Waals surface area contributed by atoms with Gasteiger partial charge in [-0.25, -0.2) is 9.67 Å². The van der Waals surface area contributed by atoms with Gasteiger partial charge in [-0.3, -0.25) is 4.79 Å². The molecular weight excluding hydrogens is 180 g/mol. The van der Waals surface area contributed by atoms with E-state index in [0.29, 0.717) is 11.4 Å². The molecule has 5 heteroatoms. The number of rotatable bonds is 2. The standard InChI is InChI=1S/C9H8N4O/c10-9(14)7-2-3-8(11-6-7)13-5-1-4-12-13/h1-6H,(H2,10,14). The van der Waals surface area contributed by atoms with Crippen LogP contribution >= 0.6 is 0 Å². The molecule has 0 aliphatic heterocycles. The minimum absolute atomic E-state index is 0.390. The first-order valence-electron chi connectivity index (χ1n) is 4.03. The molecule has 0 bridgehead atoms. The Balaban J connectivity index is 2.36. The second-order valence-corrected chi connectivity index (χ2v) is 2.72. The van der Waals surface area contributed by atoms with Crippen LogP contribution in [0.4, 0.5) is 0 Å². The number of carbonyl (C=O) groups excluding carboxylic acids is 1. The van der Waals surface area contributed by atoms with Crippen molar-refractivity contribution >= 4 is 5.91 Å². The van der Waals surface area contributed by atoms with Gasteiger partial charge in [-0.2, -0.15) is 5.10 Å². The summed E-state index contributed by atoms with van der Waals surface area (Å²) < 4.78 is 1.60. The summed E-state index contributed by atoms with van der Waals surface area (Å²) in [6, 6.07) is 5.10. The van der Waals surface area contributed by atoms with E-state index in [1.807, 2.05) is 0 Å². The molecule has 0 saturated heterocycles. The van der Waals surface area contributed by atoms with E-state index in [9.17, 15) is 4.79 Å². The molecule has 0 aliphatic rings. The third-order valence-electron chi connectivity index (χ3n) is 1.77. The van der Waals surface area contributed by atoms with Crippen molar-refractivity contribution in [1.29, 1.82) is 0 Å². The Morgan fingerprint density at radius 3 is 2.79 bits per heavy atom. The quantitative estimate of drug-likeness (QED) is 0.739. The zero-order valence-corrected chi connectivity index (χ0v) is 7.29. The fourth-order valence-electron chi connectivity index (χ4n) is 1.07. The lowest BCUT2D eigenvalue weighted by Gasteiger charge is -1.99. The van der Waals surface area contributed by atoms with E-state index in [4.69, 9.17) is 5.73 Å². The molecule has 2 N–H and O–H groups in total. The molecule has 0 fully saturated rings. The Morgan fingerprint density at radius 1 is 1.43 bits per heavy atom. The topological polar surface area (TPSA) is 73.8 Å². The van der Waals surface area contributed by atoms with Crippen LogP contribution in [0.5, 0.6) is 0 Å². The Morgan fingerprint density at radius 2 is 2.29 bits per heavy atom. The average molecular weight is 188 g/mol. The van der Waals surface area contributed by atoms with Gasteiger partial charge in [0.25, 0.3) is 0 Å². The average Bonchev–Trinajstić information content (AvgIpc) is 2.71. The van der Waals surface area contributed by atoms with E-state index < -0.39 is 5.91 Å². The minimum atomic E-state index is -0.482. The highest BCUT2D eigenvalue weighted by molar-refractivity contribution is 5.92. The molecule has 2 rings (SSSR count). The highest BCUT2D eigenvalue weighted by atomic mass is 16.1. The van der Waals surface area contributed by atoms with Gasteiger partial charge in [-0.1, -0.05) is 0 Å². The van der Waals surface area contributed by atoms with Crippen LogP contribution in [0.15, 0.2) is 36.8 Å². The van der Waals surface area contributed by atoms with Crippen LogP contribution in [0.2, 0.25) is 0 Å². The molecule has 0 aromatic carbocycles. The number of primary amides is 1. The first-order valence-corrected chi connectivity index (χ1v) is 4.03. The second kappa shape index (κ2) is 3.29. The number of carbonyl (C=O) groups is 1. The van der Waals surface area contributed by atoms with Crippen molar-refractivity contribution in [2.45, 2.75) is 0 Å². The summed E-state index contributed by atoms with van der Waals surface area (Å²) in [4.78, 5) is 14.8. The van der Waals surface area contributed by atoms with E-state index in [0.717, 1.165) is 0 Å². The van der Waals surface area contributed by atoms with Crippen molar-refractivity contribution in [2.75, 3.05) is 0 Å². The molecule has 5 nitrogen and oxygen atoms in total. The van der Waals surface area contributed by atoms with Crippen LogP contribution in [0.3, 0.4) is 0 Å². The number of aromatic nitrogens is 3. The first-order chi connectivity index (χ1) is 6.77. The minimum Gasteiger partial charge on any atom is -0.366 e. The zero-order valence-electron chi connectivity index (χ0n) is 7.29. The van der Waals surface area contributed by atoms with Gasteiger partial charge in [-0.15, -0.1) is 0 Å². The summed E-state index contributed by atoms with van der Waals surface area (Å²) in [5.41, 5.74) is 5.47. The van der Waals surface area contributed by atoms with Gasteiger partial charge >= 0.3 is 0 Å². The van der Waals surface area contributed by atoms with Crippen molar-refractivity contribution in [1.82, 2.24) is 14.8 Å². The van der Waals surface area contributed by atoms with E-state index in [-0.39, 0.29) is 0 Å². The lowest BCUT2D eigenvalue weighted by molar-refractivity contribution is 0.1000. The van der Waals surface area contributed by atoms with Crippen LogP contribution in [-0.2, 0) is 0 Å². The molecule has 0 aliphatic carbocycles. The molecule has 0 saturated carbocycles. The molecule has 70 valence electrons. The Hall–Kier alpha value is -2.17.